The van der Waals surface area contributed by atoms with E-state index in [0.717, 1.165) is 62.7 Å². The molecule has 204 valence electrons. The first kappa shape index (κ1) is 26.3. The minimum atomic E-state index is -0.297. The van der Waals surface area contributed by atoms with E-state index in [1.807, 2.05) is 13.1 Å². The van der Waals surface area contributed by atoms with Crippen LogP contribution in [0, 0.1) is 11.3 Å². The molecule has 1 saturated carbocycles. The number of aryl methyl sites for hydroxylation is 1. The van der Waals surface area contributed by atoms with Crippen LogP contribution in [0.5, 0.6) is 0 Å². The summed E-state index contributed by atoms with van der Waals surface area (Å²) in [5.74, 6) is 0.709. The lowest BCUT2D eigenvalue weighted by atomic mass is 9.56. The fourth-order valence-electron chi connectivity index (χ4n) is 7.09. The first-order chi connectivity index (χ1) is 18.2. The van der Waals surface area contributed by atoms with Crippen molar-refractivity contribution in [1.29, 1.82) is 0 Å². The predicted molar refractivity (Wildman–Crippen MR) is 148 cm³/mol. The molecule has 1 spiro atoms. The highest BCUT2D eigenvalue weighted by molar-refractivity contribution is 6.34. The van der Waals surface area contributed by atoms with E-state index in [0.29, 0.717) is 41.1 Å². The highest BCUT2D eigenvalue weighted by atomic mass is 35.5. The van der Waals surface area contributed by atoms with Crippen LogP contribution in [-0.4, -0.2) is 58.3 Å². The van der Waals surface area contributed by atoms with Gasteiger partial charge in [0.15, 0.2) is 6.23 Å². The van der Waals surface area contributed by atoms with Crippen molar-refractivity contribution in [3.63, 3.8) is 0 Å². The number of hydrogen-bond acceptors (Lipinski definition) is 5. The van der Waals surface area contributed by atoms with E-state index in [9.17, 15) is 9.59 Å². The van der Waals surface area contributed by atoms with Crippen molar-refractivity contribution in [2.75, 3.05) is 26.7 Å². The molecule has 3 aliphatic heterocycles. The minimum Gasteiger partial charge on any atom is -0.356 e. The normalized spacial score (nSPS) is 23.8. The number of hydrogen-bond donors (Lipinski definition) is 0. The molecular formula is C29H36Cl2N4O3. The maximum absolute atomic E-state index is 12.8. The molecule has 1 amide bonds. The molecule has 6 rings (SSSR count). The molecule has 2 saturated heterocycles. The number of nitrogens with zero attached hydrogens (tertiary/aromatic N) is 4. The average molecular weight is 560 g/mol. The largest absolute Gasteiger partial charge is 0.356 e. The maximum atomic E-state index is 12.8. The van der Waals surface area contributed by atoms with Crippen molar-refractivity contribution in [2.24, 2.45) is 11.3 Å². The lowest BCUT2D eigenvalue weighted by Gasteiger charge is -2.61. The number of ether oxygens (including phenoxy) is 1. The topological polar surface area (TPSA) is 67.7 Å². The Morgan fingerprint density at radius 1 is 1.16 bits per heavy atom. The number of aromatic nitrogens is 2. The lowest BCUT2D eigenvalue weighted by Crippen LogP contribution is -2.64. The van der Waals surface area contributed by atoms with Crippen LogP contribution in [0.4, 0.5) is 0 Å². The second kappa shape index (κ2) is 10.2. The van der Waals surface area contributed by atoms with E-state index < -0.39 is 0 Å². The Kier molecular flexibility index (Phi) is 7.08. The molecule has 4 aliphatic rings. The van der Waals surface area contributed by atoms with E-state index >= 15 is 0 Å². The summed E-state index contributed by atoms with van der Waals surface area (Å²) in [5, 5.41) is 5.25. The number of carbonyl (C=O) groups excluding carboxylic acids is 1. The van der Waals surface area contributed by atoms with Crippen molar-refractivity contribution in [2.45, 2.75) is 77.1 Å². The van der Waals surface area contributed by atoms with Crippen LogP contribution in [0.3, 0.4) is 0 Å². The molecule has 0 N–H and O–H groups in total. The number of amides is 1. The van der Waals surface area contributed by atoms with Gasteiger partial charge in [0, 0.05) is 39.3 Å². The van der Waals surface area contributed by atoms with Gasteiger partial charge in [0.05, 0.1) is 16.8 Å². The summed E-state index contributed by atoms with van der Waals surface area (Å²) < 4.78 is 7.13. The summed E-state index contributed by atoms with van der Waals surface area (Å²) in [6.07, 6.45) is 9.53. The summed E-state index contributed by atoms with van der Waals surface area (Å²) in [6, 6.07) is 4.44. The van der Waals surface area contributed by atoms with Crippen molar-refractivity contribution in [3.8, 4) is 0 Å². The maximum Gasteiger partial charge on any atom is 0.288 e. The average Bonchev–Trinajstić information content (AvgIpc) is 3.17. The molecule has 0 bridgehead atoms. The minimum absolute atomic E-state index is 0.0389. The molecular weight excluding hydrogens is 523 g/mol. The number of halogens is 2. The fourth-order valence-corrected chi connectivity index (χ4v) is 7.58. The van der Waals surface area contributed by atoms with Gasteiger partial charge in [0.25, 0.3) is 11.5 Å². The molecule has 2 atom stereocenters. The second-order valence-corrected chi connectivity index (χ2v) is 12.8. The Morgan fingerprint density at radius 3 is 2.68 bits per heavy atom. The Labute approximate surface area is 234 Å². The highest BCUT2D eigenvalue weighted by Crippen LogP contribution is 2.54. The zero-order valence-electron chi connectivity index (χ0n) is 22.2. The molecule has 0 radical (unpaired) electrons. The molecule has 1 aromatic heterocycles. The van der Waals surface area contributed by atoms with E-state index in [2.05, 4.69) is 23.0 Å². The van der Waals surface area contributed by atoms with Crippen LogP contribution in [0.1, 0.15) is 78.7 Å². The van der Waals surface area contributed by atoms with Crippen molar-refractivity contribution >= 4 is 29.1 Å². The van der Waals surface area contributed by atoms with Crippen molar-refractivity contribution in [1.82, 2.24) is 19.6 Å². The number of likely N-dealkylation sites (tertiary alicyclic amines) is 1. The SMILES string of the molecule is CC(CCc1cnn(C2CCCCO2)c(=O)c1Cl)N1CC2(CC(Cc3ccc(Cl)c4c3CN(C)C4=O)C2)C1. The van der Waals surface area contributed by atoms with Gasteiger partial charge in [0.1, 0.15) is 5.02 Å². The van der Waals surface area contributed by atoms with Crippen molar-refractivity contribution < 1.29 is 9.53 Å². The van der Waals surface area contributed by atoms with Crippen LogP contribution < -0.4 is 5.56 Å². The van der Waals surface area contributed by atoms with Gasteiger partial charge in [-0.15, -0.1) is 0 Å². The second-order valence-electron chi connectivity index (χ2n) is 12.0. The molecule has 7 nitrogen and oxygen atoms in total. The third kappa shape index (κ3) is 4.70. The molecule has 2 aromatic rings. The monoisotopic (exact) mass is 558 g/mol. The number of benzene rings is 1. The summed E-state index contributed by atoms with van der Waals surface area (Å²) in [4.78, 5) is 29.6. The van der Waals surface area contributed by atoms with Crippen LogP contribution >= 0.6 is 23.2 Å². The third-order valence-electron chi connectivity index (χ3n) is 9.24. The predicted octanol–water partition coefficient (Wildman–Crippen LogP) is 5.11. The first-order valence-corrected chi connectivity index (χ1v) is 14.7. The standard InChI is InChI=1S/C29H36Cl2N4O3/c1-18(6-7-21-14-32-35(28(37)26(21)31)24-5-3-4-10-38-24)34-16-29(17-34)12-19(13-29)11-20-8-9-23(30)25-22(20)15-33(2)27(25)36/h8-9,14,18-19,24H,3-7,10-13,15-17H2,1-2H3. The van der Waals surface area contributed by atoms with E-state index in [4.69, 9.17) is 27.9 Å². The molecule has 9 heteroatoms. The highest BCUT2D eigenvalue weighted by Gasteiger charge is 2.52. The van der Waals surface area contributed by atoms with Gasteiger partial charge in [0.2, 0.25) is 0 Å². The molecule has 1 aromatic carbocycles. The molecule has 4 heterocycles. The van der Waals surface area contributed by atoms with Gasteiger partial charge >= 0.3 is 0 Å². The zero-order chi connectivity index (χ0) is 26.6. The Bertz CT molecular complexity index is 1290. The fraction of sp³-hybridized carbons (Fsp3) is 0.621. The van der Waals surface area contributed by atoms with Crippen LogP contribution in [0.15, 0.2) is 23.1 Å². The summed E-state index contributed by atoms with van der Waals surface area (Å²) in [5.41, 5.74) is 4.15. The molecule has 3 fully saturated rings. The van der Waals surface area contributed by atoms with Gasteiger partial charge in [-0.05, 0) is 92.4 Å². The van der Waals surface area contributed by atoms with Gasteiger partial charge < -0.3 is 9.64 Å². The van der Waals surface area contributed by atoms with Crippen molar-refractivity contribution in [3.05, 3.63) is 61.0 Å². The Morgan fingerprint density at radius 2 is 1.95 bits per heavy atom. The number of fused-ring (bicyclic) bond motifs is 1. The molecule has 2 unspecified atom stereocenters. The first-order valence-electron chi connectivity index (χ1n) is 13.9. The van der Waals surface area contributed by atoms with Crippen LogP contribution in [0.2, 0.25) is 10.0 Å². The van der Waals surface area contributed by atoms with Gasteiger partial charge in [-0.25, -0.2) is 0 Å². The van der Waals surface area contributed by atoms with Crippen LogP contribution in [-0.2, 0) is 24.1 Å². The number of rotatable bonds is 7. The zero-order valence-corrected chi connectivity index (χ0v) is 23.7. The third-order valence-corrected chi connectivity index (χ3v) is 9.96. The quantitative estimate of drug-likeness (QED) is 0.472. The molecule has 1 aliphatic carbocycles. The van der Waals surface area contributed by atoms with Gasteiger partial charge in [-0.1, -0.05) is 29.3 Å². The van der Waals surface area contributed by atoms with Gasteiger partial charge in [-0.3, -0.25) is 14.5 Å². The summed E-state index contributed by atoms with van der Waals surface area (Å²) >= 11 is 12.8. The summed E-state index contributed by atoms with van der Waals surface area (Å²) in [6.45, 7) is 5.87. The Balaban J connectivity index is 0.991. The smallest absolute Gasteiger partial charge is 0.288 e. The molecule has 38 heavy (non-hydrogen) atoms. The summed E-state index contributed by atoms with van der Waals surface area (Å²) in [7, 11) is 1.84. The van der Waals surface area contributed by atoms with E-state index in [1.165, 1.54) is 23.1 Å². The van der Waals surface area contributed by atoms with E-state index in [1.54, 1.807) is 11.1 Å². The van der Waals surface area contributed by atoms with E-state index in [-0.39, 0.29) is 22.7 Å². The van der Waals surface area contributed by atoms with Gasteiger partial charge in [-0.2, -0.15) is 9.78 Å². The lowest BCUT2D eigenvalue weighted by molar-refractivity contribution is -0.111. The number of carbonyl (C=O) groups is 1. The van der Waals surface area contributed by atoms with Crippen LogP contribution in [0.25, 0.3) is 0 Å². The Hall–Kier alpha value is -1.93.